The van der Waals surface area contributed by atoms with E-state index in [1.807, 2.05) is 0 Å². The first kappa shape index (κ1) is 19.6. The van der Waals surface area contributed by atoms with Gasteiger partial charge in [0.2, 0.25) is 0 Å². The predicted octanol–water partition coefficient (Wildman–Crippen LogP) is 2.19. The first-order valence-electron chi connectivity index (χ1n) is 7.81. The van der Waals surface area contributed by atoms with E-state index in [0.717, 1.165) is 6.07 Å². The first-order chi connectivity index (χ1) is 12.7. The predicted molar refractivity (Wildman–Crippen MR) is 92.0 cm³/mol. The molecule has 140 valence electrons. The van der Waals surface area contributed by atoms with Crippen molar-refractivity contribution < 1.29 is 39.6 Å². The van der Waals surface area contributed by atoms with Gasteiger partial charge in [-0.15, -0.1) is 0 Å². The van der Waals surface area contributed by atoms with E-state index >= 15 is 0 Å². The third-order valence-corrected chi connectivity index (χ3v) is 4.11. The van der Waals surface area contributed by atoms with E-state index in [2.05, 4.69) is 0 Å². The van der Waals surface area contributed by atoms with Crippen LogP contribution in [0.5, 0.6) is 0 Å². The van der Waals surface area contributed by atoms with Crippen molar-refractivity contribution in [3.8, 4) is 0 Å². The number of carboxylic acid groups (broad SMARTS) is 4. The van der Waals surface area contributed by atoms with Crippen molar-refractivity contribution in [3.63, 3.8) is 0 Å². The van der Waals surface area contributed by atoms with Crippen molar-refractivity contribution in [2.75, 3.05) is 0 Å². The second kappa shape index (κ2) is 8.13. The molecule has 0 aliphatic carbocycles. The highest BCUT2D eigenvalue weighted by molar-refractivity contribution is 5.90. The van der Waals surface area contributed by atoms with Gasteiger partial charge in [-0.3, -0.25) is 9.59 Å². The Morgan fingerprint density at radius 1 is 0.741 bits per heavy atom. The van der Waals surface area contributed by atoms with Gasteiger partial charge >= 0.3 is 23.9 Å². The van der Waals surface area contributed by atoms with Crippen molar-refractivity contribution >= 4 is 23.9 Å². The lowest BCUT2D eigenvalue weighted by atomic mass is 9.81. The Bertz CT molecular complexity index is 902. The van der Waals surface area contributed by atoms with Crippen LogP contribution < -0.4 is 0 Å². The number of carbonyl (C=O) groups is 4. The van der Waals surface area contributed by atoms with E-state index < -0.39 is 35.7 Å². The maximum Gasteiger partial charge on any atom is 0.335 e. The summed E-state index contributed by atoms with van der Waals surface area (Å²) in [6.07, 6.45) is -0.231. The average molecular weight is 372 g/mol. The van der Waals surface area contributed by atoms with Crippen LogP contribution in [0.25, 0.3) is 0 Å². The molecule has 8 heteroatoms. The highest BCUT2D eigenvalue weighted by Gasteiger charge is 2.35. The van der Waals surface area contributed by atoms with Crippen LogP contribution in [-0.2, 0) is 16.0 Å². The molecule has 2 atom stereocenters. The molecular formula is C19H16O8. The molecule has 0 saturated carbocycles. The molecule has 0 heterocycles. The Hall–Kier alpha value is -3.68. The summed E-state index contributed by atoms with van der Waals surface area (Å²) in [5, 5.41) is 37.3. The molecule has 0 bridgehead atoms. The lowest BCUT2D eigenvalue weighted by Gasteiger charge is -2.21. The normalized spacial score (nSPS) is 12.7. The maximum absolute atomic E-state index is 11.8. The molecule has 2 aromatic carbocycles. The summed E-state index contributed by atoms with van der Waals surface area (Å²) in [7, 11) is 0. The minimum atomic E-state index is -1.50. The Labute approximate surface area is 153 Å². The van der Waals surface area contributed by atoms with Gasteiger partial charge in [-0.2, -0.15) is 0 Å². The van der Waals surface area contributed by atoms with Crippen LogP contribution in [0.1, 0.15) is 37.8 Å². The number of aliphatic carboxylic acids is 2. The van der Waals surface area contributed by atoms with Crippen LogP contribution in [0.15, 0.2) is 48.5 Å². The molecule has 0 amide bonds. The third-order valence-electron chi connectivity index (χ3n) is 4.11. The van der Waals surface area contributed by atoms with E-state index in [1.54, 1.807) is 0 Å². The van der Waals surface area contributed by atoms with Crippen molar-refractivity contribution in [2.24, 2.45) is 5.92 Å². The zero-order chi connectivity index (χ0) is 20.1. The summed E-state index contributed by atoms with van der Waals surface area (Å²) < 4.78 is 0. The van der Waals surface area contributed by atoms with Crippen LogP contribution in [0.3, 0.4) is 0 Å². The second-order valence-electron chi connectivity index (χ2n) is 5.90. The highest BCUT2D eigenvalue weighted by Crippen LogP contribution is 2.29. The number of rotatable bonds is 8. The van der Waals surface area contributed by atoms with Crippen molar-refractivity contribution in [3.05, 3.63) is 70.8 Å². The van der Waals surface area contributed by atoms with Gasteiger partial charge in [0.05, 0.1) is 23.0 Å². The van der Waals surface area contributed by atoms with E-state index in [-0.39, 0.29) is 23.1 Å². The van der Waals surface area contributed by atoms with Gasteiger partial charge in [0.15, 0.2) is 0 Å². The van der Waals surface area contributed by atoms with Gasteiger partial charge in [-0.25, -0.2) is 9.59 Å². The largest absolute Gasteiger partial charge is 0.481 e. The Kier molecular flexibility index (Phi) is 5.92. The van der Waals surface area contributed by atoms with E-state index in [4.69, 9.17) is 10.2 Å². The first-order valence-corrected chi connectivity index (χ1v) is 7.81. The van der Waals surface area contributed by atoms with Crippen LogP contribution in [0, 0.1) is 5.92 Å². The number of aromatic carboxylic acids is 2. The van der Waals surface area contributed by atoms with Crippen molar-refractivity contribution in [1.82, 2.24) is 0 Å². The van der Waals surface area contributed by atoms with Crippen molar-refractivity contribution in [1.29, 1.82) is 0 Å². The summed E-state index contributed by atoms with van der Waals surface area (Å²) in [5.41, 5.74) is 0.194. The summed E-state index contributed by atoms with van der Waals surface area (Å²) in [5.74, 6) is -8.18. The number of hydrogen-bond donors (Lipinski definition) is 4. The average Bonchev–Trinajstić information content (AvgIpc) is 2.61. The summed E-state index contributed by atoms with van der Waals surface area (Å²) in [4.78, 5) is 45.7. The molecule has 27 heavy (non-hydrogen) atoms. The molecule has 8 nitrogen and oxygen atoms in total. The molecular weight excluding hydrogens is 356 g/mol. The monoisotopic (exact) mass is 372 g/mol. The van der Waals surface area contributed by atoms with Gasteiger partial charge < -0.3 is 20.4 Å². The molecule has 2 rings (SSSR count). The third kappa shape index (κ3) is 4.69. The van der Waals surface area contributed by atoms with Crippen LogP contribution in [0.4, 0.5) is 0 Å². The van der Waals surface area contributed by atoms with Gasteiger partial charge in [0.1, 0.15) is 0 Å². The Balaban J connectivity index is 2.45. The fourth-order valence-corrected chi connectivity index (χ4v) is 2.85. The molecule has 0 fully saturated rings. The SMILES string of the molecule is O=C(O)c1cccc(CC(C(=O)O)C(C(=O)O)c2cccc(C(=O)O)c2)c1. The molecule has 0 aliphatic rings. The van der Waals surface area contributed by atoms with Crippen LogP contribution in [0.2, 0.25) is 0 Å². The number of benzene rings is 2. The molecule has 0 aromatic heterocycles. The maximum atomic E-state index is 11.8. The van der Waals surface area contributed by atoms with Crippen LogP contribution in [-0.4, -0.2) is 44.3 Å². The standard InChI is InChI=1S/C19H16O8/c20-16(21)12-5-1-3-10(7-12)8-14(18(24)25)15(19(26)27)11-4-2-6-13(9-11)17(22)23/h1-7,9,14-15H,8H2,(H,20,21)(H,22,23)(H,24,25)(H,26,27). The zero-order valence-electron chi connectivity index (χ0n) is 13.9. The van der Waals surface area contributed by atoms with Gasteiger partial charge in [0.25, 0.3) is 0 Å². The zero-order valence-corrected chi connectivity index (χ0v) is 13.9. The fourth-order valence-electron chi connectivity index (χ4n) is 2.85. The van der Waals surface area contributed by atoms with E-state index in [1.165, 1.54) is 42.5 Å². The Morgan fingerprint density at radius 2 is 1.30 bits per heavy atom. The lowest BCUT2D eigenvalue weighted by molar-refractivity contribution is -0.150. The molecule has 2 unspecified atom stereocenters. The molecule has 0 radical (unpaired) electrons. The summed E-state index contributed by atoms with van der Waals surface area (Å²) >= 11 is 0. The van der Waals surface area contributed by atoms with Gasteiger partial charge in [-0.1, -0.05) is 24.3 Å². The molecule has 0 aliphatic heterocycles. The summed E-state index contributed by atoms with van der Waals surface area (Å²) in [6.45, 7) is 0. The minimum Gasteiger partial charge on any atom is -0.481 e. The fraction of sp³-hybridized carbons (Fsp3) is 0.158. The van der Waals surface area contributed by atoms with Gasteiger partial charge in [-0.05, 0) is 41.8 Å². The molecule has 0 spiro atoms. The van der Waals surface area contributed by atoms with E-state index in [9.17, 15) is 29.4 Å². The molecule has 4 N–H and O–H groups in total. The van der Waals surface area contributed by atoms with Crippen molar-refractivity contribution in [2.45, 2.75) is 12.3 Å². The quantitative estimate of drug-likeness (QED) is 0.551. The lowest BCUT2D eigenvalue weighted by Crippen LogP contribution is -2.30. The van der Waals surface area contributed by atoms with Gasteiger partial charge in [0, 0.05) is 0 Å². The topological polar surface area (TPSA) is 149 Å². The number of hydrogen-bond acceptors (Lipinski definition) is 4. The smallest absolute Gasteiger partial charge is 0.335 e. The highest BCUT2D eigenvalue weighted by atomic mass is 16.4. The second-order valence-corrected chi connectivity index (χ2v) is 5.90. The molecule has 2 aromatic rings. The Morgan fingerprint density at radius 3 is 1.81 bits per heavy atom. The minimum absolute atomic E-state index is 0.0450. The van der Waals surface area contributed by atoms with E-state index in [0.29, 0.717) is 5.56 Å². The van der Waals surface area contributed by atoms with Crippen LogP contribution >= 0.6 is 0 Å². The summed E-state index contributed by atoms with van der Waals surface area (Å²) in [6, 6.07) is 10.7. The number of carboxylic acids is 4. The molecule has 0 saturated heterocycles.